The Morgan fingerprint density at radius 3 is 2.63 bits per heavy atom. The minimum atomic E-state index is -0.550. The summed E-state index contributed by atoms with van der Waals surface area (Å²) < 4.78 is 16.7. The van der Waals surface area contributed by atoms with Crippen LogP contribution >= 0.6 is 0 Å². The number of benzene rings is 2. The molecule has 4 rings (SSSR count). The quantitative estimate of drug-likeness (QED) is 0.707. The van der Waals surface area contributed by atoms with Gasteiger partial charge in [0.15, 0.2) is 6.10 Å². The minimum absolute atomic E-state index is 0.0309. The van der Waals surface area contributed by atoms with E-state index in [1.54, 1.807) is 19.1 Å². The fourth-order valence-electron chi connectivity index (χ4n) is 3.26. The van der Waals surface area contributed by atoms with Gasteiger partial charge in [-0.15, -0.1) is 0 Å². The Labute approximate surface area is 156 Å². The van der Waals surface area contributed by atoms with Gasteiger partial charge in [0.1, 0.15) is 12.4 Å². The van der Waals surface area contributed by atoms with E-state index in [2.05, 4.69) is 10.1 Å². The number of likely N-dealkylation sites (N-methyl/N-ethyl adjacent to an activating group) is 1. The first-order valence-electron chi connectivity index (χ1n) is 8.58. The third-order valence-electron chi connectivity index (χ3n) is 4.66. The van der Waals surface area contributed by atoms with E-state index in [0.29, 0.717) is 17.5 Å². The standard InChI is InChI=1S/C20H19N3O4/c1-23-16(24)12-26-18(17(23)13-8-4-3-5-9-13)20-21-19(22-27-20)14-10-6-7-11-15(14)25-2/h3-11,17-18H,12H2,1-2H3. The molecule has 7 heteroatoms. The van der Waals surface area contributed by atoms with Crippen molar-refractivity contribution in [3.8, 4) is 17.1 Å². The third kappa shape index (κ3) is 3.17. The average molecular weight is 365 g/mol. The van der Waals surface area contributed by atoms with Crippen molar-refractivity contribution in [2.45, 2.75) is 12.1 Å². The largest absolute Gasteiger partial charge is 0.496 e. The molecule has 1 aliphatic heterocycles. The maximum atomic E-state index is 12.2. The maximum absolute atomic E-state index is 12.2. The molecule has 0 spiro atoms. The number of rotatable bonds is 4. The third-order valence-corrected chi connectivity index (χ3v) is 4.66. The van der Waals surface area contributed by atoms with Crippen molar-refractivity contribution in [3.05, 3.63) is 66.1 Å². The van der Waals surface area contributed by atoms with Gasteiger partial charge in [0.05, 0.1) is 18.7 Å². The predicted molar refractivity (Wildman–Crippen MR) is 96.9 cm³/mol. The predicted octanol–water partition coefficient (Wildman–Crippen LogP) is 3.02. The summed E-state index contributed by atoms with van der Waals surface area (Å²) in [4.78, 5) is 18.4. The lowest BCUT2D eigenvalue weighted by atomic mass is 9.98. The highest BCUT2D eigenvalue weighted by atomic mass is 16.5. The average Bonchev–Trinajstić information content (AvgIpc) is 3.20. The molecule has 1 fully saturated rings. The number of carbonyl (C=O) groups is 1. The van der Waals surface area contributed by atoms with Gasteiger partial charge in [-0.05, 0) is 17.7 Å². The van der Waals surface area contributed by atoms with Crippen molar-refractivity contribution in [1.29, 1.82) is 0 Å². The van der Waals surface area contributed by atoms with Crippen LogP contribution in [0.25, 0.3) is 11.4 Å². The molecule has 0 aliphatic carbocycles. The monoisotopic (exact) mass is 365 g/mol. The van der Waals surface area contributed by atoms with Gasteiger partial charge in [0.2, 0.25) is 11.7 Å². The molecule has 1 amide bonds. The maximum Gasteiger partial charge on any atom is 0.258 e. The van der Waals surface area contributed by atoms with Gasteiger partial charge in [-0.3, -0.25) is 4.79 Å². The van der Waals surface area contributed by atoms with Crippen LogP contribution in [-0.4, -0.2) is 41.7 Å². The Hall–Kier alpha value is -3.19. The van der Waals surface area contributed by atoms with Gasteiger partial charge < -0.3 is 18.9 Å². The second kappa shape index (κ2) is 7.20. The summed E-state index contributed by atoms with van der Waals surface area (Å²) in [5, 5.41) is 4.09. The number of hydrogen-bond acceptors (Lipinski definition) is 6. The van der Waals surface area contributed by atoms with Gasteiger partial charge in [-0.1, -0.05) is 47.6 Å². The Morgan fingerprint density at radius 2 is 1.85 bits per heavy atom. The number of hydrogen-bond donors (Lipinski definition) is 0. The molecule has 0 N–H and O–H groups in total. The molecular weight excluding hydrogens is 346 g/mol. The summed E-state index contributed by atoms with van der Waals surface area (Å²) in [6.45, 7) is -0.0309. The molecule has 138 valence electrons. The van der Waals surface area contributed by atoms with Crippen LogP contribution < -0.4 is 4.74 Å². The summed E-state index contributed by atoms with van der Waals surface area (Å²) in [6.07, 6.45) is -0.550. The highest BCUT2D eigenvalue weighted by Gasteiger charge is 2.40. The topological polar surface area (TPSA) is 77.7 Å². The number of nitrogens with zero attached hydrogens (tertiary/aromatic N) is 3. The molecule has 0 saturated carbocycles. The lowest BCUT2D eigenvalue weighted by molar-refractivity contribution is -0.157. The lowest BCUT2D eigenvalue weighted by Crippen LogP contribution is -2.43. The fraction of sp³-hybridized carbons (Fsp3) is 0.250. The van der Waals surface area contributed by atoms with Gasteiger partial charge in [-0.25, -0.2) is 0 Å². The summed E-state index contributed by atoms with van der Waals surface area (Å²) >= 11 is 0. The number of ether oxygens (including phenoxy) is 2. The zero-order chi connectivity index (χ0) is 18.8. The number of methoxy groups -OCH3 is 1. The van der Waals surface area contributed by atoms with Crippen LogP contribution in [0.3, 0.4) is 0 Å². The fourth-order valence-corrected chi connectivity index (χ4v) is 3.26. The van der Waals surface area contributed by atoms with E-state index in [-0.39, 0.29) is 18.6 Å². The highest BCUT2D eigenvalue weighted by Crippen LogP contribution is 2.39. The van der Waals surface area contributed by atoms with Crippen molar-refractivity contribution in [3.63, 3.8) is 0 Å². The van der Waals surface area contributed by atoms with Crippen LogP contribution in [0.2, 0.25) is 0 Å². The number of morpholine rings is 1. The van der Waals surface area contributed by atoms with Crippen LogP contribution in [0.1, 0.15) is 23.6 Å². The Balaban J connectivity index is 1.71. The highest BCUT2D eigenvalue weighted by molar-refractivity contribution is 5.78. The zero-order valence-electron chi connectivity index (χ0n) is 15.0. The Bertz CT molecular complexity index is 941. The first-order chi connectivity index (χ1) is 13.2. The van der Waals surface area contributed by atoms with E-state index in [0.717, 1.165) is 11.1 Å². The molecule has 0 bridgehead atoms. The normalized spacial score (nSPS) is 19.9. The number of carbonyl (C=O) groups excluding carboxylic acids is 1. The van der Waals surface area contributed by atoms with E-state index in [1.807, 2.05) is 54.6 Å². The van der Waals surface area contributed by atoms with Gasteiger partial charge in [0.25, 0.3) is 5.89 Å². The Morgan fingerprint density at radius 1 is 1.11 bits per heavy atom. The van der Waals surface area contributed by atoms with E-state index >= 15 is 0 Å². The molecule has 1 aromatic heterocycles. The van der Waals surface area contributed by atoms with Crippen LogP contribution in [0, 0.1) is 0 Å². The second-order valence-corrected chi connectivity index (χ2v) is 6.25. The molecule has 27 heavy (non-hydrogen) atoms. The lowest BCUT2D eigenvalue weighted by Gasteiger charge is -2.37. The van der Waals surface area contributed by atoms with E-state index in [1.165, 1.54) is 0 Å². The zero-order valence-corrected chi connectivity index (χ0v) is 15.0. The molecule has 1 aliphatic rings. The molecule has 0 radical (unpaired) electrons. The van der Waals surface area contributed by atoms with Gasteiger partial charge in [0, 0.05) is 7.05 Å². The van der Waals surface area contributed by atoms with E-state index < -0.39 is 6.10 Å². The number of amides is 1. The van der Waals surface area contributed by atoms with Crippen LogP contribution in [0.15, 0.2) is 59.1 Å². The molecule has 7 nitrogen and oxygen atoms in total. The van der Waals surface area contributed by atoms with Crippen molar-refractivity contribution < 1.29 is 18.8 Å². The smallest absolute Gasteiger partial charge is 0.258 e. The SMILES string of the molecule is COc1ccccc1-c1noc(C2OCC(=O)N(C)C2c2ccccc2)n1. The van der Waals surface area contributed by atoms with Crippen LogP contribution in [0.5, 0.6) is 5.75 Å². The summed E-state index contributed by atoms with van der Waals surface area (Å²) in [7, 11) is 3.35. The summed E-state index contributed by atoms with van der Waals surface area (Å²) in [5.41, 5.74) is 1.67. The van der Waals surface area contributed by atoms with Crippen molar-refractivity contribution in [1.82, 2.24) is 15.0 Å². The molecule has 1 saturated heterocycles. The van der Waals surface area contributed by atoms with Gasteiger partial charge in [-0.2, -0.15) is 4.98 Å². The van der Waals surface area contributed by atoms with Gasteiger partial charge >= 0.3 is 0 Å². The van der Waals surface area contributed by atoms with Crippen LogP contribution in [-0.2, 0) is 9.53 Å². The minimum Gasteiger partial charge on any atom is -0.496 e. The van der Waals surface area contributed by atoms with Crippen molar-refractivity contribution in [2.24, 2.45) is 0 Å². The van der Waals surface area contributed by atoms with Crippen molar-refractivity contribution >= 4 is 5.91 Å². The first kappa shape index (κ1) is 17.2. The molecule has 2 heterocycles. The van der Waals surface area contributed by atoms with E-state index in [9.17, 15) is 4.79 Å². The number of para-hydroxylation sites is 1. The number of aromatic nitrogens is 2. The van der Waals surface area contributed by atoms with Crippen molar-refractivity contribution in [2.75, 3.05) is 20.8 Å². The molecular formula is C20H19N3O4. The van der Waals surface area contributed by atoms with Crippen LogP contribution in [0.4, 0.5) is 0 Å². The molecule has 2 atom stereocenters. The Kier molecular flexibility index (Phi) is 4.60. The summed E-state index contributed by atoms with van der Waals surface area (Å²) in [5.74, 6) is 1.30. The summed E-state index contributed by atoms with van der Waals surface area (Å²) in [6, 6.07) is 16.8. The molecule has 2 aromatic carbocycles. The second-order valence-electron chi connectivity index (χ2n) is 6.25. The molecule has 2 unspecified atom stereocenters. The molecule has 3 aromatic rings. The first-order valence-corrected chi connectivity index (χ1v) is 8.58. The van der Waals surface area contributed by atoms with E-state index in [4.69, 9.17) is 14.0 Å².